The highest BCUT2D eigenvalue weighted by Gasteiger charge is 2.32. The third kappa shape index (κ3) is 2.48. The molecule has 100 valence electrons. The number of hydrogen-bond donors (Lipinski definition) is 1. The largest absolute Gasteiger partial charge is 0.336 e. The number of hydrogen-bond acceptors (Lipinski definition) is 2. The van der Waals surface area contributed by atoms with Crippen molar-refractivity contribution in [1.82, 2.24) is 15.1 Å². The Bertz CT molecular complexity index is 586. The fraction of sp³-hybridized carbons (Fsp3) is 0.467. The number of aromatic amines is 1. The van der Waals surface area contributed by atoms with Crippen molar-refractivity contribution in [2.75, 3.05) is 6.54 Å². The molecule has 0 unspecified atom stereocenters. The van der Waals surface area contributed by atoms with Crippen LogP contribution in [0.2, 0.25) is 0 Å². The van der Waals surface area contributed by atoms with Gasteiger partial charge in [-0.05, 0) is 31.4 Å². The van der Waals surface area contributed by atoms with Crippen molar-refractivity contribution in [3.63, 3.8) is 0 Å². The van der Waals surface area contributed by atoms with Crippen LogP contribution < -0.4 is 0 Å². The summed E-state index contributed by atoms with van der Waals surface area (Å²) in [5, 5.41) is 7.96. The van der Waals surface area contributed by atoms with E-state index in [-0.39, 0.29) is 5.91 Å². The zero-order valence-electron chi connectivity index (χ0n) is 11.2. The Kier molecular flexibility index (Phi) is 3.23. The van der Waals surface area contributed by atoms with Gasteiger partial charge in [-0.25, -0.2) is 0 Å². The maximum Gasteiger partial charge on any atom is 0.254 e. The first-order chi connectivity index (χ1) is 9.29. The highest BCUT2D eigenvalue weighted by molar-refractivity contribution is 5.98. The molecular formula is C15H19N3O. The van der Waals surface area contributed by atoms with Gasteiger partial charge in [-0.15, -0.1) is 0 Å². The van der Waals surface area contributed by atoms with Crippen molar-refractivity contribution in [3.05, 3.63) is 30.0 Å². The van der Waals surface area contributed by atoms with Gasteiger partial charge in [0.1, 0.15) is 0 Å². The molecule has 1 fully saturated rings. The van der Waals surface area contributed by atoms with Crippen molar-refractivity contribution in [2.24, 2.45) is 0 Å². The van der Waals surface area contributed by atoms with Crippen LogP contribution in [0, 0.1) is 0 Å². The van der Waals surface area contributed by atoms with Gasteiger partial charge in [-0.1, -0.05) is 19.4 Å². The summed E-state index contributed by atoms with van der Waals surface area (Å²) < 4.78 is 0. The lowest BCUT2D eigenvalue weighted by atomic mass is 10.1. The summed E-state index contributed by atoms with van der Waals surface area (Å²) in [6.07, 6.45) is 6.29. The fourth-order valence-electron chi connectivity index (χ4n) is 2.40. The topological polar surface area (TPSA) is 49.0 Å². The van der Waals surface area contributed by atoms with Crippen LogP contribution in [0.5, 0.6) is 0 Å². The molecule has 1 aromatic carbocycles. The van der Waals surface area contributed by atoms with Crippen LogP contribution >= 0.6 is 0 Å². The standard InChI is InChI=1S/C15H19N3O/c1-2-3-8-18(13-6-7-13)15(19)11-4-5-12-10-16-17-14(12)9-11/h4-5,9-10,13H,2-3,6-8H2,1H3,(H,16,17). The molecule has 4 nitrogen and oxygen atoms in total. The quantitative estimate of drug-likeness (QED) is 0.895. The number of amides is 1. The molecule has 0 aliphatic heterocycles. The number of carbonyl (C=O) groups excluding carboxylic acids is 1. The van der Waals surface area contributed by atoms with Gasteiger partial charge in [0.15, 0.2) is 0 Å². The lowest BCUT2D eigenvalue weighted by molar-refractivity contribution is 0.0741. The summed E-state index contributed by atoms with van der Waals surface area (Å²) in [7, 11) is 0. The summed E-state index contributed by atoms with van der Waals surface area (Å²) in [6.45, 7) is 3.03. The number of nitrogens with one attached hydrogen (secondary N) is 1. The first-order valence-corrected chi connectivity index (χ1v) is 7.03. The highest BCUT2D eigenvalue weighted by atomic mass is 16.2. The Morgan fingerprint density at radius 3 is 3.05 bits per heavy atom. The second-order valence-electron chi connectivity index (χ2n) is 5.26. The van der Waals surface area contributed by atoms with Gasteiger partial charge in [0.2, 0.25) is 0 Å². The Morgan fingerprint density at radius 2 is 2.32 bits per heavy atom. The third-order valence-electron chi connectivity index (χ3n) is 3.69. The molecule has 3 rings (SSSR count). The van der Waals surface area contributed by atoms with Crippen molar-refractivity contribution in [3.8, 4) is 0 Å². The molecule has 1 amide bonds. The lowest BCUT2D eigenvalue weighted by Gasteiger charge is -2.22. The number of aromatic nitrogens is 2. The maximum absolute atomic E-state index is 12.6. The van der Waals surface area contributed by atoms with Crippen molar-refractivity contribution in [2.45, 2.75) is 38.6 Å². The number of H-pyrrole nitrogens is 1. The smallest absolute Gasteiger partial charge is 0.254 e. The van der Waals surface area contributed by atoms with Crippen molar-refractivity contribution < 1.29 is 4.79 Å². The van der Waals surface area contributed by atoms with E-state index in [0.29, 0.717) is 6.04 Å². The summed E-state index contributed by atoms with van der Waals surface area (Å²) in [5.41, 5.74) is 1.69. The van der Waals surface area contributed by atoms with E-state index < -0.39 is 0 Å². The van der Waals surface area contributed by atoms with Crippen LogP contribution in [0.1, 0.15) is 43.0 Å². The molecule has 0 bridgehead atoms. The minimum atomic E-state index is 0.160. The molecule has 1 N–H and O–H groups in total. The Labute approximate surface area is 112 Å². The predicted molar refractivity (Wildman–Crippen MR) is 75.1 cm³/mol. The van der Waals surface area contributed by atoms with E-state index in [1.807, 2.05) is 23.1 Å². The molecule has 1 saturated carbocycles. The van der Waals surface area contributed by atoms with Gasteiger partial charge >= 0.3 is 0 Å². The number of nitrogens with zero attached hydrogens (tertiary/aromatic N) is 2. The first-order valence-electron chi connectivity index (χ1n) is 7.03. The summed E-state index contributed by atoms with van der Waals surface area (Å²) in [6, 6.07) is 6.24. The van der Waals surface area contributed by atoms with E-state index in [0.717, 1.165) is 48.7 Å². The first kappa shape index (κ1) is 12.2. The normalized spacial score (nSPS) is 14.8. The van der Waals surface area contributed by atoms with Crippen LogP contribution in [0.4, 0.5) is 0 Å². The third-order valence-corrected chi connectivity index (χ3v) is 3.69. The van der Waals surface area contributed by atoms with Crippen LogP contribution in [-0.2, 0) is 0 Å². The molecule has 1 aliphatic carbocycles. The summed E-state index contributed by atoms with van der Waals surface area (Å²) in [5.74, 6) is 0.160. The monoisotopic (exact) mass is 257 g/mol. The molecule has 2 aromatic rings. The number of unbranched alkanes of at least 4 members (excludes halogenated alkanes) is 1. The van der Waals surface area contributed by atoms with Crippen molar-refractivity contribution in [1.29, 1.82) is 0 Å². The second-order valence-corrected chi connectivity index (χ2v) is 5.26. The van der Waals surface area contributed by atoms with Crippen LogP contribution in [0.15, 0.2) is 24.4 Å². The molecular weight excluding hydrogens is 238 g/mol. The summed E-state index contributed by atoms with van der Waals surface area (Å²) >= 11 is 0. The van der Waals surface area contributed by atoms with E-state index in [4.69, 9.17) is 0 Å². The number of rotatable bonds is 5. The molecule has 1 aromatic heterocycles. The van der Waals surface area contributed by atoms with Crippen LogP contribution in [0.3, 0.4) is 0 Å². The average molecular weight is 257 g/mol. The van der Waals surface area contributed by atoms with Gasteiger partial charge in [0, 0.05) is 23.5 Å². The zero-order chi connectivity index (χ0) is 13.2. The molecule has 0 spiro atoms. The average Bonchev–Trinajstić information content (AvgIpc) is 3.15. The number of benzene rings is 1. The molecule has 0 radical (unpaired) electrons. The molecule has 1 aliphatic rings. The number of fused-ring (bicyclic) bond motifs is 1. The van der Waals surface area contributed by atoms with E-state index >= 15 is 0 Å². The predicted octanol–water partition coefficient (Wildman–Crippen LogP) is 2.97. The Morgan fingerprint density at radius 1 is 1.47 bits per heavy atom. The molecule has 0 atom stereocenters. The maximum atomic E-state index is 12.6. The SMILES string of the molecule is CCCCN(C(=O)c1ccc2cn[nH]c2c1)C1CC1. The van der Waals surface area contributed by atoms with E-state index in [1.54, 1.807) is 6.20 Å². The highest BCUT2D eigenvalue weighted by Crippen LogP contribution is 2.29. The summed E-state index contributed by atoms with van der Waals surface area (Å²) in [4.78, 5) is 14.6. The van der Waals surface area contributed by atoms with Crippen LogP contribution in [0.25, 0.3) is 10.9 Å². The van der Waals surface area contributed by atoms with E-state index in [1.165, 1.54) is 0 Å². The fourth-order valence-corrected chi connectivity index (χ4v) is 2.40. The van der Waals surface area contributed by atoms with Gasteiger partial charge in [0.25, 0.3) is 5.91 Å². The lowest BCUT2D eigenvalue weighted by Crippen LogP contribution is -2.33. The Balaban J connectivity index is 1.83. The van der Waals surface area contributed by atoms with Crippen molar-refractivity contribution >= 4 is 16.8 Å². The second kappa shape index (κ2) is 5.03. The molecule has 19 heavy (non-hydrogen) atoms. The molecule has 4 heteroatoms. The molecule has 1 heterocycles. The van der Waals surface area contributed by atoms with Gasteiger partial charge in [-0.2, -0.15) is 5.10 Å². The van der Waals surface area contributed by atoms with E-state index in [9.17, 15) is 4.79 Å². The number of carbonyl (C=O) groups is 1. The zero-order valence-corrected chi connectivity index (χ0v) is 11.2. The van der Waals surface area contributed by atoms with Gasteiger partial charge in [-0.3, -0.25) is 9.89 Å². The van der Waals surface area contributed by atoms with E-state index in [2.05, 4.69) is 17.1 Å². The Hall–Kier alpha value is -1.84. The minimum Gasteiger partial charge on any atom is -0.336 e. The van der Waals surface area contributed by atoms with Crippen LogP contribution in [-0.4, -0.2) is 33.6 Å². The molecule has 0 saturated heterocycles. The minimum absolute atomic E-state index is 0.160. The van der Waals surface area contributed by atoms with Gasteiger partial charge in [0.05, 0.1) is 11.7 Å². The van der Waals surface area contributed by atoms with Gasteiger partial charge < -0.3 is 4.90 Å².